The highest BCUT2D eigenvalue weighted by Crippen LogP contribution is 2.57. The fourth-order valence-corrected chi connectivity index (χ4v) is 5.24. The van der Waals surface area contributed by atoms with Gasteiger partial charge in [0.2, 0.25) is 0 Å². The number of fused-ring (bicyclic) bond motifs is 6. The number of carbonyl (C=O) groups is 3. The summed E-state index contributed by atoms with van der Waals surface area (Å²) in [6.07, 6.45) is 0. The summed E-state index contributed by atoms with van der Waals surface area (Å²) < 4.78 is 12.1. The van der Waals surface area contributed by atoms with Gasteiger partial charge in [-0.05, 0) is 68.3 Å². The van der Waals surface area contributed by atoms with Crippen molar-refractivity contribution in [1.82, 2.24) is 0 Å². The summed E-state index contributed by atoms with van der Waals surface area (Å²) >= 11 is 6.20. The summed E-state index contributed by atoms with van der Waals surface area (Å²) in [5.74, 6) is -1.38. The van der Waals surface area contributed by atoms with Crippen molar-refractivity contribution in [3.05, 3.63) is 85.8 Å². The highest BCUT2D eigenvalue weighted by atomic mass is 79.9. The first kappa shape index (κ1) is 20.9. The van der Waals surface area contributed by atoms with Crippen molar-refractivity contribution in [3.8, 4) is 23.0 Å². The number of phenolic OH excluding ortho intramolecular Hbond substituents is 2. The minimum absolute atomic E-state index is 0.0490. The van der Waals surface area contributed by atoms with E-state index in [1.165, 1.54) is 30.3 Å². The molecule has 0 radical (unpaired) electrons. The molecule has 3 aliphatic heterocycles. The van der Waals surface area contributed by atoms with Gasteiger partial charge in [-0.3, -0.25) is 9.59 Å². The third kappa shape index (κ3) is 2.60. The van der Waals surface area contributed by atoms with Gasteiger partial charge in [-0.15, -0.1) is 0 Å². The van der Waals surface area contributed by atoms with Crippen molar-refractivity contribution < 1.29 is 34.1 Å². The molecule has 8 nitrogen and oxygen atoms in total. The van der Waals surface area contributed by atoms with Crippen molar-refractivity contribution in [2.24, 2.45) is 0 Å². The summed E-state index contributed by atoms with van der Waals surface area (Å²) in [5.41, 5.74) is 0.366. The molecule has 0 bridgehead atoms. The van der Waals surface area contributed by atoms with Crippen LogP contribution in [0.25, 0.3) is 0 Å². The lowest BCUT2D eigenvalue weighted by Crippen LogP contribution is -2.33. The smallest absolute Gasteiger partial charge is 0.340 e. The van der Waals surface area contributed by atoms with Gasteiger partial charge in [0, 0.05) is 28.8 Å². The molecular formula is C24H11Br2NO7. The Morgan fingerprint density at radius 3 is 1.82 bits per heavy atom. The van der Waals surface area contributed by atoms with E-state index in [-0.39, 0.29) is 43.2 Å². The summed E-state index contributed by atoms with van der Waals surface area (Å²) in [5, 5.41) is 20.0. The zero-order valence-electron chi connectivity index (χ0n) is 16.8. The van der Waals surface area contributed by atoms with Gasteiger partial charge in [-0.2, -0.15) is 0 Å². The molecule has 0 atom stereocenters. The van der Waals surface area contributed by atoms with E-state index in [2.05, 4.69) is 31.9 Å². The number of ether oxygens (including phenoxy) is 2. The van der Waals surface area contributed by atoms with Crippen molar-refractivity contribution in [3.63, 3.8) is 0 Å². The molecule has 0 unspecified atom stereocenters. The molecule has 3 aromatic rings. The maximum absolute atomic E-state index is 13.2. The van der Waals surface area contributed by atoms with Gasteiger partial charge in [-0.25, -0.2) is 9.69 Å². The molecule has 168 valence electrons. The summed E-state index contributed by atoms with van der Waals surface area (Å²) in [6.45, 7) is 0. The van der Waals surface area contributed by atoms with Gasteiger partial charge in [0.05, 0.1) is 11.3 Å². The lowest BCUT2D eigenvalue weighted by Gasteiger charge is -2.36. The van der Waals surface area contributed by atoms with Gasteiger partial charge >= 0.3 is 5.97 Å². The molecule has 0 saturated carbocycles. The quantitative estimate of drug-likeness (QED) is 0.319. The number of benzene rings is 3. The van der Waals surface area contributed by atoms with Crippen LogP contribution in [-0.2, 0) is 19.9 Å². The van der Waals surface area contributed by atoms with E-state index in [0.29, 0.717) is 16.7 Å². The number of carbonyl (C=O) groups excluding carboxylic acids is 3. The Labute approximate surface area is 208 Å². The third-order valence-corrected chi connectivity index (χ3v) is 7.99. The van der Waals surface area contributed by atoms with Gasteiger partial charge in [0.15, 0.2) is 5.60 Å². The molecule has 34 heavy (non-hydrogen) atoms. The van der Waals surface area contributed by atoms with Crippen LogP contribution in [0.2, 0.25) is 0 Å². The monoisotopic (exact) mass is 583 g/mol. The lowest BCUT2D eigenvalue weighted by molar-refractivity contribution is -0.120. The van der Waals surface area contributed by atoms with Crippen molar-refractivity contribution >= 4 is 55.3 Å². The Kier molecular flexibility index (Phi) is 4.27. The maximum Gasteiger partial charge on any atom is 0.340 e. The van der Waals surface area contributed by atoms with Crippen molar-refractivity contribution in [2.75, 3.05) is 4.90 Å². The SMILES string of the molecule is O=C1OC2(c3ccc(O)cc3Oc3cc(O)ccc32)c2ccc(N3C(=O)C(Br)=C(Br)C3=O)cc21. The second-order valence-corrected chi connectivity index (χ2v) is 9.42. The number of hydrogen-bond donors (Lipinski definition) is 2. The van der Waals surface area contributed by atoms with E-state index in [9.17, 15) is 24.6 Å². The van der Waals surface area contributed by atoms with Crippen LogP contribution in [0.1, 0.15) is 27.0 Å². The Hall–Kier alpha value is -3.63. The van der Waals surface area contributed by atoms with E-state index < -0.39 is 23.4 Å². The van der Waals surface area contributed by atoms with Crippen LogP contribution in [0.15, 0.2) is 63.6 Å². The number of nitrogens with zero attached hydrogens (tertiary/aromatic N) is 1. The molecule has 1 spiro atoms. The molecule has 2 N–H and O–H groups in total. The maximum atomic E-state index is 13.2. The summed E-state index contributed by atoms with van der Waals surface area (Å²) in [7, 11) is 0. The van der Waals surface area contributed by atoms with E-state index in [1.807, 2.05) is 0 Å². The van der Waals surface area contributed by atoms with Gasteiger partial charge in [0.25, 0.3) is 11.8 Å². The molecule has 6 rings (SSSR count). The molecule has 3 heterocycles. The van der Waals surface area contributed by atoms with Crippen LogP contribution in [0.4, 0.5) is 5.69 Å². The van der Waals surface area contributed by atoms with E-state index in [4.69, 9.17) is 9.47 Å². The minimum Gasteiger partial charge on any atom is -0.508 e. The van der Waals surface area contributed by atoms with Crippen molar-refractivity contribution in [1.29, 1.82) is 0 Å². The highest BCUT2D eigenvalue weighted by molar-refractivity contribution is 9.14. The normalized spacial score (nSPS) is 17.5. The Balaban J connectivity index is 1.58. The lowest BCUT2D eigenvalue weighted by atomic mass is 9.77. The van der Waals surface area contributed by atoms with Gasteiger partial charge < -0.3 is 19.7 Å². The predicted octanol–water partition coefficient (Wildman–Crippen LogP) is 4.54. The molecule has 10 heteroatoms. The fourth-order valence-electron chi connectivity index (χ4n) is 4.54. The summed E-state index contributed by atoms with van der Waals surface area (Å²) in [4.78, 5) is 39.3. The van der Waals surface area contributed by atoms with E-state index >= 15 is 0 Å². The van der Waals surface area contributed by atoms with Gasteiger partial charge in [-0.1, -0.05) is 6.07 Å². The molecular weight excluding hydrogens is 574 g/mol. The minimum atomic E-state index is -1.42. The number of hydrogen-bond acceptors (Lipinski definition) is 7. The van der Waals surface area contributed by atoms with Crippen LogP contribution >= 0.6 is 31.9 Å². The standard InChI is InChI=1S/C24H11Br2NO7/c25-19-20(26)22(31)27(21(19)30)10-1-4-14-13(7-10)23(32)34-24(14)15-5-2-11(28)8-17(15)33-18-9-12(29)3-6-16(18)24/h1-9,28-29H. The van der Waals surface area contributed by atoms with Crippen LogP contribution in [0.5, 0.6) is 23.0 Å². The molecule has 0 aromatic heterocycles. The number of amides is 2. The van der Waals surface area contributed by atoms with Crippen LogP contribution in [-0.4, -0.2) is 28.0 Å². The highest BCUT2D eigenvalue weighted by Gasteiger charge is 2.54. The number of imide groups is 1. The number of halogens is 2. The average molecular weight is 585 g/mol. The Morgan fingerprint density at radius 2 is 1.26 bits per heavy atom. The second-order valence-electron chi connectivity index (χ2n) is 7.84. The topological polar surface area (TPSA) is 113 Å². The number of anilines is 1. The molecule has 0 aliphatic carbocycles. The largest absolute Gasteiger partial charge is 0.508 e. The Bertz CT molecular complexity index is 1450. The number of phenols is 2. The average Bonchev–Trinajstić information content (AvgIpc) is 3.19. The first-order chi connectivity index (χ1) is 16.2. The molecule has 0 saturated heterocycles. The van der Waals surface area contributed by atoms with E-state index in [1.54, 1.807) is 24.3 Å². The first-order valence-corrected chi connectivity index (χ1v) is 11.5. The van der Waals surface area contributed by atoms with Gasteiger partial charge in [0.1, 0.15) is 32.0 Å². The van der Waals surface area contributed by atoms with Crippen molar-refractivity contribution in [2.45, 2.75) is 5.60 Å². The molecule has 2 amide bonds. The number of esters is 1. The second kappa shape index (κ2) is 6.94. The van der Waals surface area contributed by atoms with Crippen LogP contribution in [0, 0.1) is 0 Å². The zero-order valence-corrected chi connectivity index (χ0v) is 20.0. The fraction of sp³-hybridized carbons (Fsp3) is 0.0417. The first-order valence-electron chi connectivity index (χ1n) is 9.89. The summed E-state index contributed by atoms with van der Waals surface area (Å²) in [6, 6.07) is 13.5. The third-order valence-electron chi connectivity index (χ3n) is 5.99. The molecule has 3 aromatic carbocycles. The van der Waals surface area contributed by atoms with Crippen LogP contribution < -0.4 is 9.64 Å². The number of rotatable bonds is 1. The Morgan fingerprint density at radius 1 is 0.735 bits per heavy atom. The number of aromatic hydroxyl groups is 2. The van der Waals surface area contributed by atoms with E-state index in [0.717, 1.165) is 4.90 Å². The molecule has 3 aliphatic rings. The molecule has 0 fully saturated rings. The predicted molar refractivity (Wildman–Crippen MR) is 125 cm³/mol. The van der Waals surface area contributed by atoms with Crippen LogP contribution in [0.3, 0.4) is 0 Å². The zero-order chi connectivity index (χ0) is 23.9.